The summed E-state index contributed by atoms with van der Waals surface area (Å²) in [6, 6.07) is 31.5. The van der Waals surface area contributed by atoms with E-state index in [1.165, 1.54) is 10.4 Å². The molecule has 192 valence electrons. The van der Waals surface area contributed by atoms with Gasteiger partial charge in [-0.1, -0.05) is 124 Å². The summed E-state index contributed by atoms with van der Waals surface area (Å²) < 4.78 is 25.6. The number of rotatable bonds is 10. The fourth-order valence-electron chi connectivity index (χ4n) is 5.48. The number of fused-ring (bicyclic) bond motifs is 2. The summed E-state index contributed by atoms with van der Waals surface area (Å²) in [5.41, 5.74) is 0.467. The van der Waals surface area contributed by atoms with Crippen LogP contribution in [0.25, 0.3) is 0 Å². The van der Waals surface area contributed by atoms with Crippen LogP contribution in [0, 0.1) is 43.6 Å². The fraction of sp³-hybridized carbons (Fsp3) is 0.323. The third-order valence-corrected chi connectivity index (χ3v) is 12.2. The Morgan fingerprint density at radius 2 is 1.43 bits per heavy atom. The van der Waals surface area contributed by atoms with E-state index in [-0.39, 0.29) is 55.0 Å². The molecule has 4 nitrogen and oxygen atoms in total. The topological polar surface area (TPSA) is 36.9 Å². The second kappa shape index (κ2) is 12.1. The summed E-state index contributed by atoms with van der Waals surface area (Å²) in [7, 11) is -2.69. The Hall–Kier alpha value is -1.49. The van der Waals surface area contributed by atoms with Crippen LogP contribution < -0.4 is 10.4 Å². The van der Waals surface area contributed by atoms with Crippen molar-refractivity contribution in [3.63, 3.8) is 0 Å². The summed E-state index contributed by atoms with van der Waals surface area (Å²) >= 11 is 0. The van der Waals surface area contributed by atoms with Crippen molar-refractivity contribution in [3.8, 4) is 0 Å². The molecule has 2 bridgehead atoms. The first-order valence-corrected chi connectivity index (χ1v) is 14.5. The van der Waals surface area contributed by atoms with E-state index in [9.17, 15) is 0 Å². The molecule has 5 rings (SSSR count). The SMILES string of the molecule is CC(C)(C)[Si](OCC12C=CC([CH-]O1)C2OCOCc1ccccc1)(c1ccccc1)c1ccccc1.[U]. The van der Waals surface area contributed by atoms with E-state index >= 15 is 0 Å². The molecule has 1 fully saturated rings. The van der Waals surface area contributed by atoms with Crippen molar-refractivity contribution in [1.82, 2.24) is 0 Å². The molecule has 0 spiro atoms. The van der Waals surface area contributed by atoms with E-state index in [0.29, 0.717) is 13.2 Å². The minimum atomic E-state index is -2.69. The first-order valence-electron chi connectivity index (χ1n) is 12.6. The number of hydrogen-bond donors (Lipinski definition) is 0. The van der Waals surface area contributed by atoms with E-state index < -0.39 is 13.9 Å². The molecular weight excluding hydrogens is 702 g/mol. The quantitative estimate of drug-likeness (QED) is 0.0939. The molecule has 3 aromatic carbocycles. The Morgan fingerprint density at radius 1 is 0.865 bits per heavy atom. The van der Waals surface area contributed by atoms with Gasteiger partial charge >= 0.3 is 0 Å². The van der Waals surface area contributed by atoms with E-state index in [1.807, 2.05) is 24.8 Å². The monoisotopic (exact) mass is 737 g/mol. The molecule has 0 amide bonds. The Labute approximate surface area is 245 Å². The molecule has 2 aliphatic rings. The Kier molecular flexibility index (Phi) is 9.35. The van der Waals surface area contributed by atoms with Gasteiger partial charge in [-0.3, -0.25) is 0 Å². The van der Waals surface area contributed by atoms with Crippen LogP contribution in [0.5, 0.6) is 0 Å². The summed E-state index contributed by atoms with van der Waals surface area (Å²) in [4.78, 5) is 0. The average molecular weight is 738 g/mol. The largest absolute Gasteiger partial charge is 0.540 e. The zero-order valence-electron chi connectivity index (χ0n) is 21.8. The van der Waals surface area contributed by atoms with Crippen molar-refractivity contribution >= 4 is 18.7 Å². The van der Waals surface area contributed by atoms with Gasteiger partial charge in [0.15, 0.2) is 0 Å². The van der Waals surface area contributed by atoms with E-state index in [4.69, 9.17) is 18.6 Å². The van der Waals surface area contributed by atoms with Crippen molar-refractivity contribution in [2.24, 2.45) is 5.92 Å². The van der Waals surface area contributed by atoms with Crippen LogP contribution in [0.15, 0.2) is 103 Å². The molecule has 1 aliphatic heterocycles. The first-order chi connectivity index (χ1) is 17.4. The van der Waals surface area contributed by atoms with E-state index in [1.54, 1.807) is 0 Å². The maximum absolute atomic E-state index is 7.20. The van der Waals surface area contributed by atoms with E-state index in [0.717, 1.165) is 5.56 Å². The Balaban J connectivity index is 0.00000320. The predicted molar refractivity (Wildman–Crippen MR) is 145 cm³/mol. The van der Waals surface area contributed by atoms with Gasteiger partial charge in [0.2, 0.25) is 0 Å². The van der Waals surface area contributed by atoms with Gasteiger partial charge in [0.1, 0.15) is 12.4 Å². The van der Waals surface area contributed by atoms with Crippen LogP contribution in [0.3, 0.4) is 0 Å². The maximum Gasteiger partial charge on any atom is 0.261 e. The molecule has 3 aromatic rings. The minimum Gasteiger partial charge on any atom is -0.540 e. The fourth-order valence-corrected chi connectivity index (χ4v) is 10.1. The molecule has 3 unspecified atom stereocenters. The van der Waals surface area contributed by atoms with Gasteiger partial charge in [0.25, 0.3) is 8.32 Å². The molecule has 6 heteroatoms. The molecule has 0 saturated carbocycles. The summed E-state index contributed by atoms with van der Waals surface area (Å²) in [5, 5.41) is 2.40. The van der Waals surface area contributed by atoms with Crippen LogP contribution in [-0.2, 0) is 25.2 Å². The third-order valence-electron chi connectivity index (χ3n) is 7.25. The van der Waals surface area contributed by atoms with Gasteiger partial charge in [-0.25, -0.2) is 6.61 Å². The molecule has 3 atom stereocenters. The molecule has 0 aromatic heterocycles. The molecule has 1 heterocycles. The zero-order valence-corrected chi connectivity index (χ0v) is 27.0. The van der Waals surface area contributed by atoms with Crippen LogP contribution >= 0.6 is 0 Å². The van der Waals surface area contributed by atoms with Gasteiger partial charge in [-0.2, -0.15) is 0 Å². The zero-order chi connectivity index (χ0) is 25.1. The van der Waals surface area contributed by atoms with Crippen LogP contribution in [0.1, 0.15) is 26.3 Å². The summed E-state index contributed by atoms with van der Waals surface area (Å²) in [6.45, 7) is 9.88. The van der Waals surface area contributed by atoms with E-state index in [2.05, 4.69) is 106 Å². The van der Waals surface area contributed by atoms with Crippen LogP contribution in [0.4, 0.5) is 0 Å². The van der Waals surface area contributed by atoms with Crippen LogP contribution in [0.2, 0.25) is 5.04 Å². The van der Waals surface area contributed by atoms with Gasteiger partial charge < -0.3 is 18.6 Å². The van der Waals surface area contributed by atoms with Crippen molar-refractivity contribution in [2.75, 3.05) is 13.4 Å². The van der Waals surface area contributed by atoms with Crippen molar-refractivity contribution in [2.45, 2.75) is 44.1 Å². The van der Waals surface area contributed by atoms with Crippen molar-refractivity contribution in [1.29, 1.82) is 0 Å². The molecule has 37 heavy (non-hydrogen) atoms. The van der Waals surface area contributed by atoms with Crippen molar-refractivity contribution in [3.05, 3.63) is 115 Å². The Morgan fingerprint density at radius 3 is 1.95 bits per heavy atom. The number of benzene rings is 3. The third kappa shape index (κ3) is 5.77. The molecule has 0 N–H and O–H groups in total. The molecule has 1 saturated heterocycles. The summed E-state index contributed by atoms with van der Waals surface area (Å²) in [5.74, 6) is 0.0908. The van der Waals surface area contributed by atoms with Gasteiger partial charge in [-0.15, -0.1) is 6.08 Å². The van der Waals surface area contributed by atoms with Gasteiger partial charge in [0.05, 0.1) is 19.3 Å². The standard InChI is InChI=1S/C31H35O4Si.U/c1-30(2,3)36(27-15-9-5-10-16-27,28-17-11-6-12-18-28)35-23-31-20-19-26(22-34-31)29(31)33-24-32-21-25-13-7-4-8-14-25;/h4-20,22,26,29H,21,23-24H2,1-3H3;/q-1;. The molecule has 1 aliphatic carbocycles. The second-order valence-corrected chi connectivity index (χ2v) is 14.9. The van der Waals surface area contributed by atoms with Gasteiger partial charge in [-0.05, 0) is 21.0 Å². The summed E-state index contributed by atoms with van der Waals surface area (Å²) in [6.07, 6.45) is 4.11. The van der Waals surface area contributed by atoms with Crippen LogP contribution in [-0.4, -0.2) is 33.4 Å². The Bertz CT molecular complexity index is 1110. The minimum absolute atomic E-state index is 0. The van der Waals surface area contributed by atoms with Crippen molar-refractivity contribution < 1.29 is 49.7 Å². The maximum atomic E-state index is 7.20. The normalized spacial score (nSPS) is 22.7. The first kappa shape index (κ1) is 28.5. The average Bonchev–Trinajstić information content (AvgIpc) is 3.42. The molecule has 0 radical (unpaired) electrons. The molecular formula is C31H35O4SiU-. The van der Waals surface area contributed by atoms with Gasteiger partial charge in [0, 0.05) is 31.1 Å². The smallest absolute Gasteiger partial charge is 0.261 e. The predicted octanol–water partition coefficient (Wildman–Crippen LogP) is 5.24. The number of ether oxygens (including phenoxy) is 3. The number of hydrogen-bond acceptors (Lipinski definition) is 4. The second-order valence-electron chi connectivity index (χ2n) is 10.6.